The topological polar surface area (TPSA) is 79.6 Å². The number of benzene rings is 1. The van der Waals surface area contributed by atoms with Crippen molar-refractivity contribution in [1.29, 1.82) is 0 Å². The van der Waals surface area contributed by atoms with Crippen molar-refractivity contribution in [3.63, 3.8) is 0 Å². The van der Waals surface area contributed by atoms with Gasteiger partial charge in [-0.2, -0.15) is 5.10 Å². The molecule has 1 aromatic carbocycles. The zero-order chi connectivity index (χ0) is 21.6. The van der Waals surface area contributed by atoms with E-state index in [9.17, 15) is 9.59 Å². The minimum atomic E-state index is -0.344. The van der Waals surface area contributed by atoms with E-state index in [2.05, 4.69) is 15.4 Å². The molecule has 2 aromatic heterocycles. The summed E-state index contributed by atoms with van der Waals surface area (Å²) in [6, 6.07) is 9.39. The van der Waals surface area contributed by atoms with Crippen LogP contribution >= 0.6 is 11.6 Å². The minimum absolute atomic E-state index is 0.0417. The van der Waals surface area contributed by atoms with Crippen molar-refractivity contribution in [1.82, 2.24) is 19.9 Å². The van der Waals surface area contributed by atoms with E-state index in [1.807, 2.05) is 42.2 Å². The van der Waals surface area contributed by atoms with Crippen molar-refractivity contribution in [2.24, 2.45) is 5.41 Å². The second-order valence-corrected chi connectivity index (χ2v) is 8.97. The smallest absolute Gasteiger partial charge is 0.256 e. The Morgan fingerprint density at radius 1 is 1.19 bits per heavy atom. The Hall–Kier alpha value is -2.93. The third kappa shape index (κ3) is 3.37. The molecule has 0 radical (unpaired) electrons. The van der Waals surface area contributed by atoms with Crippen LogP contribution in [0.25, 0.3) is 5.65 Å². The molecule has 7 nitrogen and oxygen atoms in total. The minimum Gasteiger partial charge on any atom is -0.349 e. The number of para-hydroxylation sites is 1. The molecule has 2 fully saturated rings. The highest BCUT2D eigenvalue weighted by atomic mass is 35.5. The first-order chi connectivity index (χ1) is 15.0. The van der Waals surface area contributed by atoms with Crippen molar-refractivity contribution in [2.75, 3.05) is 11.4 Å². The van der Waals surface area contributed by atoms with Gasteiger partial charge in [-0.15, -0.1) is 0 Å². The second kappa shape index (κ2) is 7.64. The van der Waals surface area contributed by atoms with Gasteiger partial charge in [0.2, 0.25) is 5.91 Å². The number of halogens is 1. The van der Waals surface area contributed by atoms with Gasteiger partial charge < -0.3 is 10.2 Å². The second-order valence-electron chi connectivity index (χ2n) is 8.57. The Kier molecular flexibility index (Phi) is 4.93. The molecule has 3 aromatic rings. The summed E-state index contributed by atoms with van der Waals surface area (Å²) in [5.41, 5.74) is 2.41. The number of carbonyl (C=O) groups excluding carboxylic acids is 2. The van der Waals surface area contributed by atoms with Crippen LogP contribution in [0.1, 0.15) is 48.2 Å². The van der Waals surface area contributed by atoms with Crippen LogP contribution in [0.3, 0.4) is 0 Å². The average Bonchev–Trinajstić information content (AvgIpc) is 3.34. The third-order valence-electron chi connectivity index (χ3n) is 6.77. The largest absolute Gasteiger partial charge is 0.349 e. The summed E-state index contributed by atoms with van der Waals surface area (Å²) < 4.78 is 1.67. The van der Waals surface area contributed by atoms with Crippen LogP contribution in [0.2, 0.25) is 5.02 Å². The highest BCUT2D eigenvalue weighted by Gasteiger charge is 2.49. The van der Waals surface area contributed by atoms with Crippen molar-refractivity contribution >= 4 is 34.7 Å². The Morgan fingerprint density at radius 3 is 2.74 bits per heavy atom. The monoisotopic (exact) mass is 437 g/mol. The fourth-order valence-corrected chi connectivity index (χ4v) is 5.17. The lowest BCUT2D eigenvalue weighted by atomic mass is 9.71. The Balaban J connectivity index is 1.25. The summed E-state index contributed by atoms with van der Waals surface area (Å²) in [6.07, 6.45) is 7.17. The summed E-state index contributed by atoms with van der Waals surface area (Å²) in [6.45, 7) is 2.61. The lowest BCUT2D eigenvalue weighted by molar-refractivity contribution is -0.127. The molecule has 31 heavy (non-hydrogen) atoms. The number of hydrogen-bond acceptors (Lipinski definition) is 4. The molecule has 1 saturated heterocycles. The highest BCUT2D eigenvalue weighted by Crippen LogP contribution is 2.47. The van der Waals surface area contributed by atoms with Crippen molar-refractivity contribution < 1.29 is 9.59 Å². The van der Waals surface area contributed by atoms with Gasteiger partial charge in [0.15, 0.2) is 5.65 Å². The first-order valence-corrected chi connectivity index (χ1v) is 11.0. The fourth-order valence-electron chi connectivity index (χ4n) is 4.93. The summed E-state index contributed by atoms with van der Waals surface area (Å²) in [7, 11) is 0. The van der Waals surface area contributed by atoms with E-state index in [4.69, 9.17) is 11.6 Å². The zero-order valence-electron chi connectivity index (χ0n) is 17.3. The number of rotatable bonds is 3. The summed E-state index contributed by atoms with van der Waals surface area (Å²) >= 11 is 6.32. The van der Waals surface area contributed by atoms with Crippen LogP contribution in [0.15, 0.2) is 42.7 Å². The summed E-state index contributed by atoms with van der Waals surface area (Å²) in [5.74, 6) is -0.00262. The van der Waals surface area contributed by atoms with Gasteiger partial charge in [-0.05, 0) is 57.2 Å². The molecule has 1 saturated carbocycles. The molecule has 5 rings (SSSR count). The highest BCUT2D eigenvalue weighted by molar-refractivity contribution is 6.34. The number of aromatic nitrogens is 3. The molecule has 1 spiro atoms. The SMILES string of the molecule is Cc1ccnc2c(C(=O)NC3CCC4(CC3)CCN(c3ccccc3Cl)C4=O)cnn12. The summed E-state index contributed by atoms with van der Waals surface area (Å²) in [5, 5.41) is 8.01. The maximum Gasteiger partial charge on any atom is 0.256 e. The van der Waals surface area contributed by atoms with Crippen molar-refractivity contribution in [3.8, 4) is 0 Å². The van der Waals surface area contributed by atoms with Gasteiger partial charge in [0.05, 0.1) is 22.3 Å². The molecule has 2 amide bonds. The van der Waals surface area contributed by atoms with E-state index in [0.29, 0.717) is 22.8 Å². The normalized spacial score (nSPS) is 23.6. The molecule has 160 valence electrons. The molecule has 1 N–H and O–H groups in total. The number of carbonyl (C=O) groups is 2. The van der Waals surface area contributed by atoms with E-state index >= 15 is 0 Å². The Bertz CT molecular complexity index is 1170. The van der Waals surface area contributed by atoms with E-state index in [0.717, 1.165) is 43.5 Å². The first-order valence-electron chi connectivity index (χ1n) is 10.7. The Morgan fingerprint density at radius 2 is 1.97 bits per heavy atom. The maximum absolute atomic E-state index is 13.3. The van der Waals surface area contributed by atoms with Crippen LogP contribution in [0, 0.1) is 12.3 Å². The molecule has 0 unspecified atom stereocenters. The molecule has 3 heterocycles. The quantitative estimate of drug-likeness (QED) is 0.676. The van der Waals surface area contributed by atoms with Gasteiger partial charge in [0.1, 0.15) is 5.56 Å². The zero-order valence-corrected chi connectivity index (χ0v) is 18.1. The lowest BCUT2D eigenvalue weighted by Crippen LogP contribution is -2.43. The van der Waals surface area contributed by atoms with Crippen molar-refractivity contribution in [2.45, 2.75) is 45.1 Å². The number of nitrogens with zero attached hydrogens (tertiary/aromatic N) is 4. The van der Waals surface area contributed by atoms with Gasteiger partial charge in [-0.3, -0.25) is 9.59 Å². The number of anilines is 1. The van der Waals surface area contributed by atoms with E-state index < -0.39 is 0 Å². The van der Waals surface area contributed by atoms with Crippen LogP contribution in [0.5, 0.6) is 0 Å². The number of aryl methyl sites for hydroxylation is 1. The van der Waals surface area contributed by atoms with E-state index in [1.165, 1.54) is 0 Å². The molecular formula is C23H24ClN5O2. The van der Waals surface area contributed by atoms with Gasteiger partial charge in [0.25, 0.3) is 5.91 Å². The first kappa shape index (κ1) is 20.0. The van der Waals surface area contributed by atoms with Crippen LogP contribution in [-0.2, 0) is 4.79 Å². The van der Waals surface area contributed by atoms with Gasteiger partial charge in [-0.25, -0.2) is 9.50 Å². The molecule has 0 atom stereocenters. The number of amides is 2. The predicted octanol–water partition coefficient (Wildman–Crippen LogP) is 3.79. The molecule has 8 heteroatoms. The van der Waals surface area contributed by atoms with Gasteiger partial charge >= 0.3 is 0 Å². The molecule has 2 aliphatic rings. The van der Waals surface area contributed by atoms with Gasteiger partial charge in [-0.1, -0.05) is 23.7 Å². The number of fused-ring (bicyclic) bond motifs is 1. The molecule has 1 aliphatic heterocycles. The number of hydrogen-bond donors (Lipinski definition) is 1. The standard InChI is InChI=1S/C23H24ClN5O2/c1-15-8-12-25-20-17(14-26-29(15)20)21(30)27-16-6-9-23(10-7-16)11-13-28(22(23)31)19-5-3-2-4-18(19)24/h2-5,8,12,14,16H,6-7,9-11,13H2,1H3,(H,27,30). The van der Waals surface area contributed by atoms with Crippen molar-refractivity contribution in [3.05, 3.63) is 59.0 Å². The number of nitrogens with one attached hydrogen (secondary N) is 1. The lowest BCUT2D eigenvalue weighted by Gasteiger charge is -2.36. The molecule has 1 aliphatic carbocycles. The van der Waals surface area contributed by atoms with Crippen LogP contribution in [0.4, 0.5) is 5.69 Å². The third-order valence-corrected chi connectivity index (χ3v) is 7.09. The van der Waals surface area contributed by atoms with Crippen LogP contribution in [-0.4, -0.2) is 39.0 Å². The maximum atomic E-state index is 13.3. The van der Waals surface area contributed by atoms with Gasteiger partial charge in [0, 0.05) is 24.5 Å². The summed E-state index contributed by atoms with van der Waals surface area (Å²) in [4.78, 5) is 32.3. The van der Waals surface area contributed by atoms with Crippen LogP contribution < -0.4 is 10.2 Å². The fraction of sp³-hybridized carbons (Fsp3) is 0.391. The molecular weight excluding hydrogens is 414 g/mol. The molecule has 0 bridgehead atoms. The van der Waals surface area contributed by atoms with E-state index in [1.54, 1.807) is 16.9 Å². The van der Waals surface area contributed by atoms with E-state index in [-0.39, 0.29) is 23.3 Å². The average molecular weight is 438 g/mol. The Labute approximate surface area is 185 Å². The predicted molar refractivity (Wildman–Crippen MR) is 118 cm³/mol.